The summed E-state index contributed by atoms with van der Waals surface area (Å²) in [6, 6.07) is 6.88. The first kappa shape index (κ1) is 14.3. The number of hydrogen-bond acceptors (Lipinski definition) is 2. The summed E-state index contributed by atoms with van der Waals surface area (Å²) in [6.45, 7) is 4.30. The third-order valence-electron chi connectivity index (χ3n) is 3.94. The van der Waals surface area contributed by atoms with Crippen LogP contribution in [-0.2, 0) is 0 Å². The van der Waals surface area contributed by atoms with E-state index in [0.29, 0.717) is 0 Å². The monoisotopic (exact) mass is 258 g/mol. The molecule has 0 radical (unpaired) electrons. The average Bonchev–Trinajstić information content (AvgIpc) is 2.31. The van der Waals surface area contributed by atoms with Crippen LogP contribution in [0.2, 0.25) is 0 Å². The van der Waals surface area contributed by atoms with E-state index in [2.05, 4.69) is 43.5 Å². The minimum atomic E-state index is 0.177. The molecule has 0 saturated carbocycles. The first-order valence-electron chi connectivity index (χ1n) is 7.44. The maximum Gasteiger partial charge on any atom is 0.0670 e. The van der Waals surface area contributed by atoms with Gasteiger partial charge in [-0.3, -0.25) is 5.84 Å². The Hall–Kier alpha value is -1.12. The second-order valence-corrected chi connectivity index (χ2v) is 5.75. The molecule has 0 heterocycles. The van der Waals surface area contributed by atoms with Crippen molar-refractivity contribution in [3.05, 3.63) is 46.5 Å². The topological polar surface area (TPSA) is 38.0 Å². The van der Waals surface area contributed by atoms with E-state index in [1.165, 1.54) is 60.8 Å². The lowest BCUT2D eigenvalue weighted by atomic mass is 9.90. The molecule has 0 aromatic heterocycles. The Morgan fingerprint density at radius 3 is 2.37 bits per heavy atom. The Morgan fingerprint density at radius 2 is 1.68 bits per heavy atom. The van der Waals surface area contributed by atoms with Crippen LogP contribution < -0.4 is 11.3 Å². The molecule has 19 heavy (non-hydrogen) atoms. The normalized spacial score (nSPS) is 21.1. The summed E-state index contributed by atoms with van der Waals surface area (Å²) in [5, 5.41) is 0. The zero-order valence-corrected chi connectivity index (χ0v) is 12.2. The molecule has 1 aromatic carbocycles. The number of nitrogens with two attached hydrogens (primary N) is 1. The number of nitrogens with one attached hydrogen (secondary N) is 1. The van der Waals surface area contributed by atoms with Crippen molar-refractivity contribution in [2.45, 2.75) is 58.4 Å². The number of aryl methyl sites for hydroxylation is 2. The van der Waals surface area contributed by atoms with Gasteiger partial charge in [0.1, 0.15) is 0 Å². The molecule has 1 unspecified atom stereocenters. The van der Waals surface area contributed by atoms with Crippen molar-refractivity contribution < 1.29 is 0 Å². The van der Waals surface area contributed by atoms with Gasteiger partial charge in [0, 0.05) is 0 Å². The van der Waals surface area contributed by atoms with Crippen molar-refractivity contribution in [2.24, 2.45) is 5.84 Å². The Kier molecular flexibility index (Phi) is 5.17. The molecule has 0 amide bonds. The lowest BCUT2D eigenvalue weighted by Crippen LogP contribution is -2.29. The molecule has 2 rings (SSSR count). The largest absolute Gasteiger partial charge is 0.271 e. The molecule has 1 aliphatic rings. The maximum atomic E-state index is 5.84. The summed E-state index contributed by atoms with van der Waals surface area (Å²) in [5.41, 5.74) is 8.40. The molecule has 0 aliphatic heterocycles. The molecule has 0 saturated heterocycles. The van der Waals surface area contributed by atoms with Crippen molar-refractivity contribution in [2.75, 3.05) is 0 Å². The predicted octanol–water partition coefficient (Wildman–Crippen LogP) is 4.09. The molecule has 1 aliphatic carbocycles. The van der Waals surface area contributed by atoms with Crippen LogP contribution in [0.15, 0.2) is 29.8 Å². The molecule has 1 aromatic rings. The Labute approximate surface area is 117 Å². The summed E-state index contributed by atoms with van der Waals surface area (Å²) in [4.78, 5) is 0. The highest BCUT2D eigenvalue weighted by Crippen LogP contribution is 2.29. The van der Waals surface area contributed by atoms with E-state index in [1.54, 1.807) is 0 Å². The highest BCUT2D eigenvalue weighted by atomic mass is 15.2. The van der Waals surface area contributed by atoms with Crippen LogP contribution in [0.3, 0.4) is 0 Å². The van der Waals surface area contributed by atoms with Crippen molar-refractivity contribution >= 4 is 0 Å². The first-order chi connectivity index (χ1) is 9.20. The number of hydrogen-bond donors (Lipinski definition) is 2. The van der Waals surface area contributed by atoms with E-state index in [9.17, 15) is 0 Å². The fraction of sp³-hybridized carbons (Fsp3) is 0.529. The second-order valence-electron chi connectivity index (χ2n) is 5.75. The van der Waals surface area contributed by atoms with E-state index >= 15 is 0 Å². The van der Waals surface area contributed by atoms with E-state index in [-0.39, 0.29) is 6.04 Å². The number of allylic oxidation sites excluding steroid dienone is 1. The van der Waals surface area contributed by atoms with Gasteiger partial charge in [0.05, 0.1) is 6.04 Å². The Bertz CT molecular complexity index is 428. The molecule has 0 fully saturated rings. The lowest BCUT2D eigenvalue weighted by molar-refractivity contribution is 0.555. The van der Waals surface area contributed by atoms with Crippen LogP contribution >= 0.6 is 0 Å². The quantitative estimate of drug-likeness (QED) is 0.487. The Morgan fingerprint density at radius 1 is 1.00 bits per heavy atom. The van der Waals surface area contributed by atoms with Crippen LogP contribution in [0, 0.1) is 13.8 Å². The van der Waals surface area contributed by atoms with Gasteiger partial charge in [-0.25, -0.2) is 5.43 Å². The molecular formula is C17H26N2. The highest BCUT2D eigenvalue weighted by molar-refractivity contribution is 5.35. The molecule has 2 nitrogen and oxygen atoms in total. The summed E-state index contributed by atoms with van der Waals surface area (Å²) in [6.07, 6.45) is 10.1. The van der Waals surface area contributed by atoms with Gasteiger partial charge < -0.3 is 0 Å². The summed E-state index contributed by atoms with van der Waals surface area (Å²) in [5.74, 6) is 5.84. The molecule has 2 heteroatoms. The fourth-order valence-electron chi connectivity index (χ4n) is 3.07. The van der Waals surface area contributed by atoms with Gasteiger partial charge in [-0.2, -0.15) is 0 Å². The SMILES string of the molecule is Cc1cc(C)cc(C(NN)/C2=C/CCCCCC2)c1. The van der Waals surface area contributed by atoms with Crippen LogP contribution in [0.5, 0.6) is 0 Å². The van der Waals surface area contributed by atoms with Gasteiger partial charge in [0.2, 0.25) is 0 Å². The summed E-state index contributed by atoms with van der Waals surface area (Å²) >= 11 is 0. The fourth-order valence-corrected chi connectivity index (χ4v) is 3.07. The van der Waals surface area contributed by atoms with Gasteiger partial charge in [-0.1, -0.05) is 53.8 Å². The molecule has 1 atom stereocenters. The van der Waals surface area contributed by atoms with Gasteiger partial charge in [-0.15, -0.1) is 0 Å². The van der Waals surface area contributed by atoms with E-state index in [1.807, 2.05) is 0 Å². The molecular weight excluding hydrogens is 232 g/mol. The lowest BCUT2D eigenvalue weighted by Gasteiger charge is -2.23. The molecule has 3 N–H and O–H groups in total. The van der Waals surface area contributed by atoms with Crippen LogP contribution in [0.4, 0.5) is 0 Å². The zero-order chi connectivity index (χ0) is 13.7. The van der Waals surface area contributed by atoms with Crippen molar-refractivity contribution in [3.8, 4) is 0 Å². The summed E-state index contributed by atoms with van der Waals surface area (Å²) in [7, 11) is 0. The zero-order valence-electron chi connectivity index (χ0n) is 12.2. The number of hydrazine groups is 1. The average molecular weight is 258 g/mol. The standard InChI is InChI=1S/C17H26N2/c1-13-10-14(2)12-16(11-13)17(19-18)15-8-6-4-3-5-7-9-15/h8,10-12,17,19H,3-7,9,18H2,1-2H3/b15-8+. The highest BCUT2D eigenvalue weighted by Gasteiger charge is 2.16. The minimum Gasteiger partial charge on any atom is -0.271 e. The summed E-state index contributed by atoms with van der Waals surface area (Å²) < 4.78 is 0. The number of rotatable bonds is 3. The van der Waals surface area contributed by atoms with E-state index in [4.69, 9.17) is 5.84 Å². The van der Waals surface area contributed by atoms with Gasteiger partial charge in [0.15, 0.2) is 0 Å². The second kappa shape index (κ2) is 6.88. The minimum absolute atomic E-state index is 0.177. The van der Waals surface area contributed by atoms with E-state index in [0.717, 1.165) is 0 Å². The van der Waals surface area contributed by atoms with Crippen LogP contribution in [0.1, 0.15) is 61.3 Å². The van der Waals surface area contributed by atoms with Gasteiger partial charge >= 0.3 is 0 Å². The van der Waals surface area contributed by atoms with E-state index < -0.39 is 0 Å². The van der Waals surface area contributed by atoms with Crippen molar-refractivity contribution in [3.63, 3.8) is 0 Å². The van der Waals surface area contributed by atoms with Gasteiger partial charge in [-0.05, 0) is 45.1 Å². The third kappa shape index (κ3) is 3.92. The number of benzene rings is 1. The molecule has 0 bridgehead atoms. The Balaban J connectivity index is 2.26. The predicted molar refractivity (Wildman–Crippen MR) is 81.8 cm³/mol. The molecule has 104 valence electrons. The smallest absolute Gasteiger partial charge is 0.0670 e. The van der Waals surface area contributed by atoms with Crippen LogP contribution in [0.25, 0.3) is 0 Å². The van der Waals surface area contributed by atoms with Crippen LogP contribution in [-0.4, -0.2) is 0 Å². The molecule has 0 spiro atoms. The van der Waals surface area contributed by atoms with Crippen molar-refractivity contribution in [1.82, 2.24) is 5.43 Å². The van der Waals surface area contributed by atoms with Gasteiger partial charge in [0.25, 0.3) is 0 Å². The van der Waals surface area contributed by atoms with Crippen molar-refractivity contribution in [1.29, 1.82) is 0 Å². The maximum absolute atomic E-state index is 5.84. The first-order valence-corrected chi connectivity index (χ1v) is 7.44. The third-order valence-corrected chi connectivity index (χ3v) is 3.94.